The Morgan fingerprint density at radius 2 is 2.14 bits per heavy atom. The van der Waals surface area contributed by atoms with Crippen molar-refractivity contribution in [2.75, 3.05) is 33.2 Å². The number of nitrogens with two attached hydrogens (primary N) is 2. The van der Waals surface area contributed by atoms with Crippen LogP contribution in [0.15, 0.2) is 6.33 Å². The van der Waals surface area contributed by atoms with Gasteiger partial charge in [-0.15, -0.1) is 0 Å². The van der Waals surface area contributed by atoms with Gasteiger partial charge in [0.2, 0.25) is 5.95 Å². The van der Waals surface area contributed by atoms with Gasteiger partial charge in [0.1, 0.15) is 47.0 Å². The fourth-order valence-corrected chi connectivity index (χ4v) is 5.07. The van der Waals surface area contributed by atoms with Crippen molar-refractivity contribution in [1.29, 1.82) is 0 Å². The Morgan fingerprint density at radius 1 is 1.42 bits per heavy atom. The zero-order chi connectivity index (χ0) is 26.6. The summed E-state index contributed by atoms with van der Waals surface area (Å²) in [5.74, 6) is 0.0564. The number of ether oxygens (including phenoxy) is 2. The monoisotopic (exact) mass is 574 g/mol. The quantitative estimate of drug-likeness (QED) is 0.0895. The van der Waals surface area contributed by atoms with Gasteiger partial charge in [-0.25, -0.2) is 9.55 Å². The van der Waals surface area contributed by atoms with E-state index in [1.807, 2.05) is 0 Å². The predicted molar refractivity (Wildman–Crippen MR) is 125 cm³/mol. The Bertz CT molecular complexity index is 1120. The molecule has 20 heteroatoms. The van der Waals surface area contributed by atoms with Gasteiger partial charge in [0.15, 0.2) is 5.65 Å². The molecule has 1 aliphatic heterocycles. The molecule has 1 saturated heterocycles. The third-order valence-corrected chi connectivity index (χ3v) is 7.33. The van der Waals surface area contributed by atoms with E-state index >= 15 is 0 Å². The molecule has 0 amide bonds. The van der Waals surface area contributed by atoms with Crippen LogP contribution in [0, 0.1) is 4.64 Å². The Kier molecular flexibility index (Phi) is 10.2. The van der Waals surface area contributed by atoms with Crippen molar-refractivity contribution in [3.8, 4) is 0 Å². The van der Waals surface area contributed by atoms with E-state index in [1.54, 1.807) is 0 Å². The van der Waals surface area contributed by atoms with Crippen LogP contribution in [0.5, 0.6) is 0 Å². The van der Waals surface area contributed by atoms with E-state index in [9.17, 15) is 24.6 Å². The Hall–Kier alpha value is -1.21. The number of hydrogen-bond donors (Lipinski definition) is 7. The number of H-pyrrole nitrogens is 1. The maximum Gasteiger partial charge on any atom is 0.474 e. The van der Waals surface area contributed by atoms with Crippen LogP contribution in [0.4, 0.5) is 5.95 Å². The number of nitrogens with one attached hydrogen (secondary N) is 1. The number of methoxy groups -OCH3 is 1. The van der Waals surface area contributed by atoms with Crippen molar-refractivity contribution in [3.63, 3.8) is 0 Å². The average molecular weight is 574 g/mol. The van der Waals surface area contributed by atoms with Crippen molar-refractivity contribution in [2.45, 2.75) is 43.3 Å². The first-order valence-corrected chi connectivity index (χ1v) is 13.3. The lowest BCUT2D eigenvalue weighted by Gasteiger charge is -2.27. The first-order valence-electron chi connectivity index (χ1n) is 10.3. The third-order valence-electron chi connectivity index (χ3n) is 5.21. The van der Waals surface area contributed by atoms with E-state index in [4.69, 9.17) is 51.3 Å². The molecule has 17 nitrogen and oxygen atoms in total. The van der Waals surface area contributed by atoms with Crippen LogP contribution in [0.1, 0.15) is 12.6 Å². The Morgan fingerprint density at radius 3 is 2.75 bits per heavy atom. The summed E-state index contributed by atoms with van der Waals surface area (Å²) in [5, 5.41) is 19.3. The topological polar surface area (TPSA) is 252 Å². The van der Waals surface area contributed by atoms with Crippen molar-refractivity contribution in [3.05, 3.63) is 11.0 Å². The highest BCUT2D eigenvalue weighted by Gasteiger charge is 2.44. The minimum absolute atomic E-state index is 0.0514. The highest BCUT2D eigenvalue weighted by molar-refractivity contribution is 7.71. The molecule has 2 aromatic heterocycles. The van der Waals surface area contributed by atoms with E-state index < -0.39 is 59.9 Å². The molecule has 9 N–H and O–H groups in total. The maximum atomic E-state index is 13.2. The van der Waals surface area contributed by atoms with Crippen LogP contribution < -0.4 is 11.5 Å². The van der Waals surface area contributed by atoms with Crippen LogP contribution in [0.3, 0.4) is 0 Å². The van der Waals surface area contributed by atoms with Gasteiger partial charge in [-0.2, -0.15) is 4.98 Å². The van der Waals surface area contributed by atoms with Crippen molar-refractivity contribution < 1.29 is 52.1 Å². The fourth-order valence-electron chi connectivity index (χ4n) is 3.41. The number of hydrogen-bond acceptors (Lipinski definition) is 16. The number of anilines is 1. The van der Waals surface area contributed by atoms with E-state index in [0.717, 1.165) is 7.11 Å². The highest BCUT2D eigenvalue weighted by Crippen LogP contribution is 2.53. The largest absolute Gasteiger partial charge is 0.474 e. The van der Waals surface area contributed by atoms with Gasteiger partial charge < -0.3 is 50.4 Å². The second kappa shape index (κ2) is 12.6. The maximum absolute atomic E-state index is 13.2. The first kappa shape index (κ1) is 29.3. The minimum atomic E-state index is -4.29. The molecule has 0 bridgehead atoms. The molecule has 7 unspecified atom stereocenters. The number of fused-ring (bicyclic) bond motifs is 1. The minimum Gasteiger partial charge on any atom is -0.386 e. The second-order valence-electron chi connectivity index (χ2n) is 7.51. The van der Waals surface area contributed by atoms with E-state index in [2.05, 4.69) is 15.0 Å². The Labute approximate surface area is 210 Å². The number of aliphatic hydroxyl groups excluding tert-OH is 2. The summed E-state index contributed by atoms with van der Waals surface area (Å²) in [6.45, 7) is -0.855. The molecule has 36 heavy (non-hydrogen) atoms. The number of aromatic amines is 1. The van der Waals surface area contributed by atoms with Crippen molar-refractivity contribution in [2.24, 2.45) is 5.73 Å². The molecule has 3 heterocycles. The lowest BCUT2D eigenvalue weighted by Crippen LogP contribution is -2.45. The van der Waals surface area contributed by atoms with Crippen LogP contribution in [0.25, 0.3) is 11.2 Å². The molecule has 0 spiro atoms. The van der Waals surface area contributed by atoms with Gasteiger partial charge in [-0.3, -0.25) is 18.1 Å². The van der Waals surface area contributed by atoms with Gasteiger partial charge >= 0.3 is 16.4 Å². The number of imidazole rings is 1. The molecule has 0 aromatic carbocycles. The SMILES string of the molecule is COC(COP(=O)(OC)OC1CC(n2cnc3c(=S)[nH]c(N)nc32)OC1COP(O)O)C(O)C(N)O. The summed E-state index contributed by atoms with van der Waals surface area (Å²) in [4.78, 5) is 29.5. The average Bonchev–Trinajstić information content (AvgIpc) is 3.41. The molecule has 3 rings (SSSR count). The number of aliphatic hydroxyl groups is 2. The first-order chi connectivity index (χ1) is 17.0. The number of nitrogens with zero attached hydrogens (tertiary/aromatic N) is 3. The summed E-state index contributed by atoms with van der Waals surface area (Å²) in [6, 6.07) is 0. The van der Waals surface area contributed by atoms with Gasteiger partial charge in [0.25, 0.3) is 0 Å². The van der Waals surface area contributed by atoms with E-state index in [0.29, 0.717) is 11.2 Å². The summed E-state index contributed by atoms with van der Waals surface area (Å²) in [6.07, 6.45) is -5.62. The lowest BCUT2D eigenvalue weighted by atomic mass is 10.2. The molecular formula is C16H28N6O11P2S. The molecule has 0 radical (unpaired) electrons. The van der Waals surface area contributed by atoms with Crippen LogP contribution >= 0.6 is 28.6 Å². The fraction of sp³-hybridized carbons (Fsp3) is 0.688. The van der Waals surface area contributed by atoms with Gasteiger partial charge in [-0.05, 0) is 0 Å². The normalized spacial score (nSPS) is 24.7. The number of aromatic nitrogens is 4. The van der Waals surface area contributed by atoms with Gasteiger partial charge in [0, 0.05) is 20.6 Å². The van der Waals surface area contributed by atoms with Crippen LogP contribution in [-0.4, -0.2) is 97.6 Å². The number of phosphoric ester groups is 1. The molecule has 1 fully saturated rings. The smallest absolute Gasteiger partial charge is 0.386 e. The van der Waals surface area contributed by atoms with Crippen LogP contribution in [0.2, 0.25) is 0 Å². The molecule has 2 aromatic rings. The third kappa shape index (κ3) is 7.00. The number of rotatable bonds is 13. The van der Waals surface area contributed by atoms with Crippen molar-refractivity contribution >= 4 is 45.8 Å². The Balaban J connectivity index is 1.80. The predicted octanol–water partition coefficient (Wildman–Crippen LogP) is -0.604. The summed E-state index contributed by atoms with van der Waals surface area (Å²) in [7, 11) is -4.70. The summed E-state index contributed by atoms with van der Waals surface area (Å²) >= 11 is 5.22. The molecule has 0 aliphatic carbocycles. The number of phosphoric acid groups is 1. The molecule has 204 valence electrons. The standard InChI is InChI=1S/C16H28N6O11P2S/c1-28-9(12(23)13(17)24)5-31-35(27,29-2)33-7-3-10(32-8(7)4-30-34(25)26)22-6-19-11-14(22)20-16(18)21-15(11)36/h6-10,12-13,23-26H,3-5,17H2,1-2H3,(H3,18,20,21,36). The molecule has 0 saturated carbocycles. The second-order valence-corrected chi connectivity index (χ2v) is 10.4. The zero-order valence-electron chi connectivity index (χ0n) is 19.1. The van der Waals surface area contributed by atoms with Crippen LogP contribution in [-0.2, 0) is 32.1 Å². The molecule has 1 aliphatic rings. The van der Waals surface area contributed by atoms with Gasteiger partial charge in [0.05, 0.1) is 19.5 Å². The lowest BCUT2D eigenvalue weighted by molar-refractivity contribution is -0.0923. The molecular weight excluding hydrogens is 546 g/mol. The highest BCUT2D eigenvalue weighted by atomic mass is 32.1. The zero-order valence-corrected chi connectivity index (χ0v) is 21.7. The van der Waals surface area contributed by atoms with E-state index in [-0.39, 0.29) is 23.6 Å². The summed E-state index contributed by atoms with van der Waals surface area (Å²) in [5.41, 5.74) is 11.7. The van der Waals surface area contributed by atoms with E-state index in [1.165, 1.54) is 18.0 Å². The molecule has 7 atom stereocenters. The number of nitrogen functional groups attached to an aromatic ring is 1. The van der Waals surface area contributed by atoms with Crippen molar-refractivity contribution in [1.82, 2.24) is 19.5 Å². The summed E-state index contributed by atoms with van der Waals surface area (Å²) < 4.78 is 46.7. The van der Waals surface area contributed by atoms with Gasteiger partial charge in [-0.1, -0.05) is 12.2 Å².